The Bertz CT molecular complexity index is 117. The van der Waals surface area contributed by atoms with Gasteiger partial charge in [-0.2, -0.15) is 0 Å². The molecule has 0 saturated carbocycles. The number of aliphatic hydroxyl groups is 1. The van der Waals surface area contributed by atoms with Crippen LogP contribution in [0, 0.1) is 0 Å². The molecule has 66 valence electrons. The Hall–Kier alpha value is -0.120. The first-order valence-electron chi connectivity index (χ1n) is 4.36. The minimum Gasteiger partial charge on any atom is -0.392 e. The third-order valence-electron chi connectivity index (χ3n) is 2.27. The molecule has 0 amide bonds. The molecule has 1 unspecified atom stereocenters. The van der Waals surface area contributed by atoms with Gasteiger partial charge in [-0.15, -0.1) is 0 Å². The van der Waals surface area contributed by atoms with E-state index in [1.165, 1.54) is 12.8 Å². The summed E-state index contributed by atoms with van der Waals surface area (Å²) in [5.41, 5.74) is 5.58. The van der Waals surface area contributed by atoms with E-state index in [1.807, 2.05) is 6.92 Å². The van der Waals surface area contributed by atoms with Gasteiger partial charge in [0.2, 0.25) is 0 Å². The van der Waals surface area contributed by atoms with Crippen LogP contribution in [0.5, 0.6) is 0 Å². The second-order valence-corrected chi connectivity index (χ2v) is 3.38. The van der Waals surface area contributed by atoms with Crippen LogP contribution in [0.3, 0.4) is 0 Å². The van der Waals surface area contributed by atoms with Gasteiger partial charge in [-0.3, -0.25) is 4.90 Å². The first-order valence-corrected chi connectivity index (χ1v) is 4.36. The fourth-order valence-corrected chi connectivity index (χ4v) is 1.74. The van der Waals surface area contributed by atoms with Crippen LogP contribution in [0.25, 0.3) is 0 Å². The average Bonchev–Trinajstić information content (AvgIpc) is 2.34. The number of nitrogens with two attached hydrogens (primary N) is 1. The van der Waals surface area contributed by atoms with Crippen molar-refractivity contribution in [3.8, 4) is 0 Å². The van der Waals surface area contributed by atoms with Crippen LogP contribution < -0.4 is 5.73 Å². The van der Waals surface area contributed by atoms with Gasteiger partial charge in [0.15, 0.2) is 0 Å². The van der Waals surface area contributed by atoms with Crippen molar-refractivity contribution in [2.24, 2.45) is 5.73 Å². The van der Waals surface area contributed by atoms with Gasteiger partial charge in [0.25, 0.3) is 0 Å². The van der Waals surface area contributed by atoms with Gasteiger partial charge in [0.1, 0.15) is 0 Å². The molecule has 0 aromatic rings. The Kier molecular flexibility index (Phi) is 3.30. The molecule has 0 spiro atoms. The number of hydrogen-bond acceptors (Lipinski definition) is 3. The average molecular weight is 158 g/mol. The summed E-state index contributed by atoms with van der Waals surface area (Å²) in [5.74, 6) is 0. The lowest BCUT2D eigenvalue weighted by Gasteiger charge is -2.24. The van der Waals surface area contributed by atoms with E-state index < -0.39 is 0 Å². The van der Waals surface area contributed by atoms with E-state index in [0.717, 1.165) is 19.6 Å². The number of nitrogens with zero attached hydrogens (tertiary/aromatic N) is 1. The fourth-order valence-electron chi connectivity index (χ4n) is 1.74. The topological polar surface area (TPSA) is 49.5 Å². The largest absolute Gasteiger partial charge is 0.392 e. The SMILES string of the molecule is C[C@H](O)CN1CCCC1CN. The zero-order chi connectivity index (χ0) is 8.27. The van der Waals surface area contributed by atoms with E-state index in [9.17, 15) is 0 Å². The second kappa shape index (κ2) is 4.04. The van der Waals surface area contributed by atoms with E-state index in [0.29, 0.717) is 6.04 Å². The molecule has 1 saturated heterocycles. The highest BCUT2D eigenvalue weighted by molar-refractivity contribution is 4.80. The predicted octanol–water partition coefficient (Wildman–Crippen LogP) is -0.210. The summed E-state index contributed by atoms with van der Waals surface area (Å²) >= 11 is 0. The summed E-state index contributed by atoms with van der Waals surface area (Å²) in [7, 11) is 0. The molecule has 11 heavy (non-hydrogen) atoms. The Balaban J connectivity index is 2.31. The summed E-state index contributed by atoms with van der Waals surface area (Å²) < 4.78 is 0. The molecule has 1 heterocycles. The van der Waals surface area contributed by atoms with Gasteiger partial charge in [-0.05, 0) is 26.3 Å². The van der Waals surface area contributed by atoms with Gasteiger partial charge >= 0.3 is 0 Å². The van der Waals surface area contributed by atoms with Crippen molar-refractivity contribution < 1.29 is 5.11 Å². The highest BCUT2D eigenvalue weighted by Crippen LogP contribution is 2.15. The maximum absolute atomic E-state index is 9.14. The normalized spacial score (nSPS) is 29.2. The molecule has 1 fully saturated rings. The first kappa shape index (κ1) is 8.97. The van der Waals surface area contributed by atoms with Crippen molar-refractivity contribution >= 4 is 0 Å². The van der Waals surface area contributed by atoms with Gasteiger partial charge in [0.05, 0.1) is 6.10 Å². The predicted molar refractivity (Wildman–Crippen MR) is 45.3 cm³/mol. The van der Waals surface area contributed by atoms with Crippen molar-refractivity contribution in [1.29, 1.82) is 0 Å². The Morgan fingerprint density at radius 3 is 3.00 bits per heavy atom. The molecule has 0 aromatic heterocycles. The monoisotopic (exact) mass is 158 g/mol. The lowest BCUT2D eigenvalue weighted by Crippen LogP contribution is -2.39. The first-order chi connectivity index (χ1) is 5.24. The summed E-state index contributed by atoms with van der Waals surface area (Å²) in [6.45, 7) is 4.44. The van der Waals surface area contributed by atoms with Crippen LogP contribution in [0.2, 0.25) is 0 Å². The number of β-amino-alcohol motifs (C(OH)–C–C–N with tert-alkyl or cyclic N) is 1. The maximum Gasteiger partial charge on any atom is 0.0639 e. The minimum atomic E-state index is -0.220. The molecule has 0 aliphatic carbocycles. The van der Waals surface area contributed by atoms with Gasteiger partial charge in [-0.1, -0.05) is 0 Å². The van der Waals surface area contributed by atoms with E-state index in [2.05, 4.69) is 4.90 Å². The van der Waals surface area contributed by atoms with Gasteiger partial charge in [0, 0.05) is 19.1 Å². The minimum absolute atomic E-state index is 0.220. The maximum atomic E-state index is 9.14. The lowest BCUT2D eigenvalue weighted by atomic mass is 10.2. The Morgan fingerprint density at radius 1 is 1.73 bits per heavy atom. The van der Waals surface area contributed by atoms with Crippen molar-refractivity contribution in [2.45, 2.75) is 31.9 Å². The molecule has 3 N–H and O–H groups in total. The third-order valence-corrected chi connectivity index (χ3v) is 2.27. The summed E-state index contributed by atoms with van der Waals surface area (Å²) in [6.07, 6.45) is 2.21. The smallest absolute Gasteiger partial charge is 0.0639 e. The van der Waals surface area contributed by atoms with E-state index in [4.69, 9.17) is 10.8 Å². The third kappa shape index (κ3) is 2.43. The highest BCUT2D eigenvalue weighted by Gasteiger charge is 2.23. The molecule has 3 nitrogen and oxygen atoms in total. The molecule has 1 rings (SSSR count). The van der Waals surface area contributed by atoms with E-state index in [-0.39, 0.29) is 6.10 Å². The summed E-state index contributed by atoms with van der Waals surface area (Å²) in [4.78, 5) is 2.28. The quantitative estimate of drug-likeness (QED) is 0.597. The number of likely N-dealkylation sites (tertiary alicyclic amines) is 1. The second-order valence-electron chi connectivity index (χ2n) is 3.38. The Labute approximate surface area is 68.2 Å². The van der Waals surface area contributed by atoms with Crippen LogP contribution in [0.1, 0.15) is 19.8 Å². The fraction of sp³-hybridized carbons (Fsp3) is 1.00. The zero-order valence-corrected chi connectivity index (χ0v) is 7.16. The van der Waals surface area contributed by atoms with Crippen LogP contribution >= 0.6 is 0 Å². The molecule has 1 aliphatic heterocycles. The zero-order valence-electron chi connectivity index (χ0n) is 7.16. The number of aliphatic hydroxyl groups excluding tert-OH is 1. The molecule has 0 aromatic carbocycles. The molecular weight excluding hydrogens is 140 g/mol. The highest BCUT2D eigenvalue weighted by atomic mass is 16.3. The molecular formula is C8H18N2O. The summed E-state index contributed by atoms with van der Waals surface area (Å²) in [6, 6.07) is 0.518. The van der Waals surface area contributed by atoms with Crippen LogP contribution in [0.15, 0.2) is 0 Å². The van der Waals surface area contributed by atoms with E-state index in [1.54, 1.807) is 0 Å². The molecule has 0 radical (unpaired) electrons. The van der Waals surface area contributed by atoms with E-state index >= 15 is 0 Å². The van der Waals surface area contributed by atoms with Crippen molar-refractivity contribution in [3.63, 3.8) is 0 Å². The van der Waals surface area contributed by atoms with Crippen LogP contribution in [-0.4, -0.2) is 41.8 Å². The summed E-state index contributed by atoms with van der Waals surface area (Å²) in [5, 5.41) is 9.14. The van der Waals surface area contributed by atoms with Gasteiger partial charge in [-0.25, -0.2) is 0 Å². The molecule has 0 bridgehead atoms. The number of hydrogen-bond donors (Lipinski definition) is 2. The van der Waals surface area contributed by atoms with Crippen molar-refractivity contribution in [2.75, 3.05) is 19.6 Å². The molecule has 1 aliphatic rings. The van der Waals surface area contributed by atoms with Gasteiger partial charge < -0.3 is 10.8 Å². The van der Waals surface area contributed by atoms with Crippen LogP contribution in [-0.2, 0) is 0 Å². The standard InChI is InChI=1S/C8H18N2O/c1-7(11)6-10-4-2-3-8(10)5-9/h7-8,11H,2-6,9H2,1H3/t7-,8?/m0/s1. The number of rotatable bonds is 3. The lowest BCUT2D eigenvalue weighted by molar-refractivity contribution is 0.121. The Morgan fingerprint density at radius 2 is 2.45 bits per heavy atom. The van der Waals surface area contributed by atoms with Crippen molar-refractivity contribution in [1.82, 2.24) is 4.90 Å². The van der Waals surface area contributed by atoms with Crippen LogP contribution in [0.4, 0.5) is 0 Å². The molecule has 2 atom stereocenters. The molecule has 3 heteroatoms. The van der Waals surface area contributed by atoms with Crippen molar-refractivity contribution in [3.05, 3.63) is 0 Å².